The standard InChI is InChI=1S/C38H57N2O2S.BrH/c1-7-8-9-10-11-12-13-14-15-16-17-18-25-42-37-26-34(21-24-36(37)38(4,5)6)29-40(32(3)41)35-22-19-33(20-23-35)28-39-27-31(2)43-30-39;/h19-24,26-27,30H,7-18,25,28-29H2,1-6H3;1H/q+1;/p-1. The number of aromatic nitrogens is 1. The summed E-state index contributed by atoms with van der Waals surface area (Å²) in [7, 11) is 0. The minimum absolute atomic E-state index is 0. The van der Waals surface area contributed by atoms with E-state index in [0.29, 0.717) is 6.54 Å². The molecular formula is C38H57BrN2O2S. The van der Waals surface area contributed by atoms with Gasteiger partial charge in [0.2, 0.25) is 11.4 Å². The predicted octanol–water partition coefficient (Wildman–Crippen LogP) is 7.33. The summed E-state index contributed by atoms with van der Waals surface area (Å²) >= 11 is 1.75. The third kappa shape index (κ3) is 13.4. The summed E-state index contributed by atoms with van der Waals surface area (Å²) in [5.41, 5.74) is 6.57. The maximum absolute atomic E-state index is 12.7. The molecule has 0 aliphatic heterocycles. The molecule has 1 amide bonds. The van der Waals surface area contributed by atoms with Gasteiger partial charge in [0.05, 0.1) is 18.0 Å². The van der Waals surface area contributed by atoms with Crippen molar-refractivity contribution in [2.45, 2.75) is 137 Å². The Morgan fingerprint density at radius 3 is 1.93 bits per heavy atom. The molecular weight excluding hydrogens is 628 g/mol. The summed E-state index contributed by atoms with van der Waals surface area (Å²) < 4.78 is 8.61. The molecule has 0 spiro atoms. The van der Waals surface area contributed by atoms with Gasteiger partial charge in [-0.15, -0.1) is 0 Å². The Labute approximate surface area is 283 Å². The smallest absolute Gasteiger partial charge is 0.225 e. The molecule has 0 fully saturated rings. The first-order chi connectivity index (χ1) is 20.7. The maximum atomic E-state index is 12.7. The average molecular weight is 686 g/mol. The van der Waals surface area contributed by atoms with Crippen LogP contribution in [-0.4, -0.2) is 12.5 Å². The van der Waals surface area contributed by atoms with Gasteiger partial charge in [-0.25, -0.2) is 0 Å². The van der Waals surface area contributed by atoms with Crippen molar-refractivity contribution >= 4 is 22.9 Å². The van der Waals surface area contributed by atoms with Crippen LogP contribution in [-0.2, 0) is 23.3 Å². The van der Waals surface area contributed by atoms with Crippen LogP contribution >= 0.6 is 11.3 Å². The zero-order valence-corrected chi connectivity index (χ0v) is 30.7. The second-order valence-electron chi connectivity index (χ2n) is 13.2. The molecule has 0 N–H and O–H groups in total. The molecule has 0 unspecified atom stereocenters. The molecule has 6 heteroatoms. The van der Waals surface area contributed by atoms with E-state index < -0.39 is 0 Å². The summed E-state index contributed by atoms with van der Waals surface area (Å²) in [4.78, 5) is 15.9. The monoisotopic (exact) mass is 684 g/mol. The van der Waals surface area contributed by atoms with Crippen LogP contribution in [0, 0.1) is 6.92 Å². The molecule has 2 aromatic carbocycles. The SMILES string of the molecule is CCCCCCCCCCCCCCOc1cc(CN(C(C)=O)c2ccc(C[n+]3csc(C)c3)cc2)ccc1C(C)(C)C.[Br-]. The number of halogens is 1. The molecule has 0 saturated carbocycles. The summed E-state index contributed by atoms with van der Waals surface area (Å²) in [6, 6.07) is 14.9. The first kappa shape index (κ1) is 38.0. The van der Waals surface area contributed by atoms with Crippen molar-refractivity contribution in [2.75, 3.05) is 11.5 Å². The van der Waals surface area contributed by atoms with Crippen molar-refractivity contribution in [3.8, 4) is 5.75 Å². The molecule has 0 saturated heterocycles. The highest BCUT2D eigenvalue weighted by Gasteiger charge is 2.21. The van der Waals surface area contributed by atoms with Crippen molar-refractivity contribution < 1.29 is 31.1 Å². The molecule has 4 nitrogen and oxygen atoms in total. The van der Waals surface area contributed by atoms with Crippen molar-refractivity contribution in [2.24, 2.45) is 0 Å². The fourth-order valence-corrected chi connectivity index (χ4v) is 6.25. The summed E-state index contributed by atoms with van der Waals surface area (Å²) in [5, 5.41) is 0. The van der Waals surface area contributed by atoms with Gasteiger partial charge < -0.3 is 26.6 Å². The number of benzene rings is 2. The summed E-state index contributed by atoms with van der Waals surface area (Å²) in [6.07, 6.45) is 18.2. The van der Waals surface area contributed by atoms with Gasteiger partial charge >= 0.3 is 0 Å². The van der Waals surface area contributed by atoms with Gasteiger partial charge in [-0.2, -0.15) is 4.57 Å². The lowest BCUT2D eigenvalue weighted by atomic mass is 9.85. The van der Waals surface area contributed by atoms with E-state index in [0.717, 1.165) is 36.6 Å². The molecule has 244 valence electrons. The van der Waals surface area contributed by atoms with Gasteiger partial charge in [0.1, 0.15) is 5.75 Å². The molecule has 0 bridgehead atoms. The van der Waals surface area contributed by atoms with Crippen molar-refractivity contribution in [1.82, 2.24) is 0 Å². The number of carbonyl (C=O) groups is 1. The largest absolute Gasteiger partial charge is 1.00 e. The van der Waals surface area contributed by atoms with E-state index >= 15 is 0 Å². The number of amides is 1. The van der Waals surface area contributed by atoms with Gasteiger partial charge in [0, 0.05) is 18.2 Å². The lowest BCUT2D eigenvalue weighted by Crippen LogP contribution is -3.00. The van der Waals surface area contributed by atoms with E-state index in [-0.39, 0.29) is 28.3 Å². The Kier molecular flexibility index (Phi) is 17.3. The van der Waals surface area contributed by atoms with E-state index in [9.17, 15) is 4.79 Å². The Bertz CT molecular complexity index is 1230. The van der Waals surface area contributed by atoms with Gasteiger partial charge in [0.15, 0.2) is 12.7 Å². The number of carbonyl (C=O) groups excluding carboxylic acids is 1. The number of ether oxygens (including phenoxy) is 1. The number of thiazole rings is 1. The lowest BCUT2D eigenvalue weighted by Gasteiger charge is -2.25. The number of hydrogen-bond acceptors (Lipinski definition) is 3. The van der Waals surface area contributed by atoms with Gasteiger partial charge in [-0.05, 0) is 48.1 Å². The van der Waals surface area contributed by atoms with Crippen LogP contribution in [0.2, 0.25) is 0 Å². The van der Waals surface area contributed by atoms with Crippen LogP contribution < -0.4 is 31.2 Å². The molecule has 0 atom stereocenters. The summed E-state index contributed by atoms with van der Waals surface area (Å²) in [5.74, 6) is 0.990. The number of rotatable bonds is 19. The van der Waals surface area contributed by atoms with Crippen LogP contribution in [0.15, 0.2) is 54.2 Å². The van der Waals surface area contributed by atoms with Crippen LogP contribution in [0.25, 0.3) is 0 Å². The van der Waals surface area contributed by atoms with Crippen molar-refractivity contribution in [3.63, 3.8) is 0 Å². The first-order valence-corrected chi connectivity index (χ1v) is 17.6. The number of anilines is 1. The third-order valence-corrected chi connectivity index (χ3v) is 9.02. The Balaban J connectivity index is 0.00000675. The number of unbranched alkanes of at least 4 members (excludes halogenated alkanes) is 11. The normalized spacial score (nSPS) is 11.3. The fraction of sp³-hybridized carbons (Fsp3) is 0.579. The van der Waals surface area contributed by atoms with Gasteiger partial charge in [-0.3, -0.25) is 4.79 Å². The van der Waals surface area contributed by atoms with E-state index in [1.807, 2.05) is 4.90 Å². The van der Waals surface area contributed by atoms with E-state index in [1.165, 1.54) is 86.6 Å². The van der Waals surface area contributed by atoms with Gasteiger partial charge in [0.25, 0.3) is 0 Å². The number of nitrogens with zero attached hydrogens (tertiary/aromatic N) is 2. The Hall–Kier alpha value is -2.18. The quantitative estimate of drug-likeness (QED) is 0.0979. The molecule has 1 heterocycles. The minimum atomic E-state index is -0.0144. The lowest BCUT2D eigenvalue weighted by molar-refractivity contribution is -0.683. The van der Waals surface area contributed by atoms with E-state index in [4.69, 9.17) is 4.74 Å². The Morgan fingerprint density at radius 1 is 0.841 bits per heavy atom. The van der Waals surface area contributed by atoms with Crippen molar-refractivity contribution in [1.29, 1.82) is 0 Å². The molecule has 0 aliphatic carbocycles. The van der Waals surface area contributed by atoms with Crippen LogP contribution in [0.3, 0.4) is 0 Å². The number of aryl methyl sites for hydroxylation is 1. The highest BCUT2D eigenvalue weighted by atomic mass is 79.9. The average Bonchev–Trinajstić information content (AvgIpc) is 3.38. The van der Waals surface area contributed by atoms with Crippen LogP contribution in [0.5, 0.6) is 5.75 Å². The molecule has 44 heavy (non-hydrogen) atoms. The second-order valence-corrected chi connectivity index (χ2v) is 14.3. The Morgan fingerprint density at radius 2 is 1.41 bits per heavy atom. The zero-order valence-electron chi connectivity index (χ0n) is 28.3. The molecule has 3 aromatic rings. The highest BCUT2D eigenvalue weighted by Crippen LogP contribution is 2.33. The second kappa shape index (κ2) is 20.0. The van der Waals surface area contributed by atoms with Crippen LogP contribution in [0.1, 0.15) is 133 Å². The minimum Gasteiger partial charge on any atom is -1.00 e. The third-order valence-electron chi connectivity index (χ3n) is 8.17. The molecule has 3 rings (SSSR count). The predicted molar refractivity (Wildman–Crippen MR) is 183 cm³/mol. The summed E-state index contributed by atoms with van der Waals surface area (Å²) in [6.45, 7) is 14.8. The van der Waals surface area contributed by atoms with E-state index in [1.54, 1.807) is 18.3 Å². The fourth-order valence-electron chi connectivity index (χ4n) is 5.62. The van der Waals surface area contributed by atoms with Crippen molar-refractivity contribution in [3.05, 3.63) is 75.7 Å². The maximum Gasteiger partial charge on any atom is 0.225 e. The van der Waals surface area contributed by atoms with Crippen LogP contribution in [0.4, 0.5) is 5.69 Å². The number of hydrogen-bond donors (Lipinski definition) is 0. The highest BCUT2D eigenvalue weighted by molar-refractivity contribution is 7.09. The molecule has 1 aromatic heterocycles. The zero-order chi connectivity index (χ0) is 31.1. The first-order valence-electron chi connectivity index (χ1n) is 16.7. The van der Waals surface area contributed by atoms with Gasteiger partial charge in [-0.1, -0.05) is 134 Å². The molecule has 0 radical (unpaired) electrons. The van der Waals surface area contributed by atoms with E-state index in [2.05, 4.69) is 93.4 Å². The molecule has 0 aliphatic rings. The topological polar surface area (TPSA) is 33.4 Å².